The van der Waals surface area contributed by atoms with Crippen LogP contribution in [0.3, 0.4) is 0 Å². The van der Waals surface area contributed by atoms with E-state index in [2.05, 4.69) is 26.1 Å². The highest BCUT2D eigenvalue weighted by atomic mass is 31.2. The first kappa shape index (κ1) is 69.8. The van der Waals surface area contributed by atoms with E-state index < -0.39 is 20.0 Å². The van der Waals surface area contributed by atoms with Crippen molar-refractivity contribution in [3.63, 3.8) is 0 Å². The van der Waals surface area contributed by atoms with Gasteiger partial charge in [0.05, 0.1) is 33.8 Å². The third-order valence-corrected chi connectivity index (χ3v) is 15.2. The van der Waals surface area contributed by atoms with Crippen molar-refractivity contribution in [1.29, 1.82) is 0 Å². The van der Waals surface area contributed by atoms with Crippen molar-refractivity contribution in [3.05, 3.63) is 12.2 Å². The van der Waals surface area contributed by atoms with Crippen molar-refractivity contribution in [1.82, 2.24) is 5.32 Å². The fraction of sp³-hybridized carbons (Fsp3) is 0.934. The maximum absolute atomic E-state index is 13.5. The maximum atomic E-state index is 13.5. The topological polar surface area (TPSA) is 111 Å². The van der Waals surface area contributed by atoms with Gasteiger partial charge in [-0.2, -0.15) is 0 Å². The summed E-state index contributed by atoms with van der Waals surface area (Å²) in [6, 6.07) is -0.838. The highest BCUT2D eigenvalue weighted by Crippen LogP contribution is 2.43. The lowest BCUT2D eigenvalue weighted by Gasteiger charge is -2.27. The minimum Gasteiger partial charge on any atom is -0.456 e. The molecule has 0 rings (SSSR count). The third-order valence-electron chi connectivity index (χ3n) is 14.2. The van der Waals surface area contributed by atoms with Gasteiger partial charge in [0.25, 0.3) is 0 Å². The molecule has 0 spiro atoms. The van der Waals surface area contributed by atoms with Crippen LogP contribution in [0.15, 0.2) is 12.2 Å². The molecular formula is C61H122N2O7P+. The molecule has 0 saturated heterocycles. The van der Waals surface area contributed by atoms with E-state index in [1.807, 2.05) is 33.3 Å². The number of phosphoric acid groups is 1. The Morgan fingerprint density at radius 3 is 1.15 bits per heavy atom. The van der Waals surface area contributed by atoms with Crippen LogP contribution in [0.4, 0.5) is 0 Å². The zero-order valence-electron chi connectivity index (χ0n) is 48.2. The zero-order chi connectivity index (χ0) is 52.2. The normalized spacial score (nSPS) is 13.7. The number of likely N-dealkylation sites (N-methyl/N-ethyl adjacent to an activating group) is 1. The Labute approximate surface area is 441 Å². The van der Waals surface area contributed by atoms with Gasteiger partial charge in [-0.3, -0.25) is 18.6 Å². The summed E-state index contributed by atoms with van der Waals surface area (Å²) in [5.41, 5.74) is 0. The van der Waals surface area contributed by atoms with Gasteiger partial charge in [-0.1, -0.05) is 284 Å². The molecule has 3 unspecified atom stereocenters. The molecule has 0 aromatic carbocycles. The van der Waals surface area contributed by atoms with Crippen LogP contribution in [-0.4, -0.2) is 74.3 Å². The number of quaternary nitrogens is 1. The number of ether oxygens (including phenoxy) is 1. The zero-order valence-corrected chi connectivity index (χ0v) is 49.1. The molecule has 71 heavy (non-hydrogen) atoms. The predicted molar refractivity (Wildman–Crippen MR) is 305 cm³/mol. The SMILES string of the molecule is CCCCCCCCCCC/C=C\C(OC(=O)CCCCCCCCCCCCCCCCCCCCCCC)C(COP(=O)(O)OCC[N+](C)(C)C)NC(=O)CCCCCCCCCCCCCCC. The van der Waals surface area contributed by atoms with Crippen molar-refractivity contribution < 1.29 is 37.3 Å². The second kappa shape index (κ2) is 52.2. The summed E-state index contributed by atoms with van der Waals surface area (Å²) >= 11 is 0. The van der Waals surface area contributed by atoms with Gasteiger partial charge >= 0.3 is 13.8 Å². The van der Waals surface area contributed by atoms with Crippen molar-refractivity contribution in [3.8, 4) is 0 Å². The Hall–Kier alpha value is -1.25. The molecule has 0 aromatic heterocycles. The summed E-state index contributed by atoms with van der Waals surface area (Å²) in [4.78, 5) is 37.6. The molecule has 10 heteroatoms. The lowest BCUT2D eigenvalue weighted by atomic mass is 10.0. The number of rotatable bonds is 57. The first-order valence-electron chi connectivity index (χ1n) is 31.0. The van der Waals surface area contributed by atoms with Crippen LogP contribution in [0.5, 0.6) is 0 Å². The molecule has 0 radical (unpaired) electrons. The molecule has 0 aliphatic carbocycles. The van der Waals surface area contributed by atoms with Gasteiger partial charge in [-0.25, -0.2) is 4.57 Å². The molecule has 422 valence electrons. The number of unbranched alkanes of at least 4 members (excludes halogenated alkanes) is 41. The van der Waals surface area contributed by atoms with E-state index in [9.17, 15) is 19.0 Å². The highest BCUT2D eigenvalue weighted by Gasteiger charge is 2.30. The van der Waals surface area contributed by atoms with Crippen LogP contribution in [0, 0.1) is 0 Å². The molecule has 0 fully saturated rings. The van der Waals surface area contributed by atoms with Gasteiger partial charge in [0.1, 0.15) is 19.3 Å². The average molecular weight is 1030 g/mol. The Balaban J connectivity index is 5.12. The molecule has 3 atom stereocenters. The number of carbonyl (C=O) groups is 2. The fourth-order valence-electron chi connectivity index (χ4n) is 9.41. The van der Waals surface area contributed by atoms with E-state index in [1.165, 1.54) is 225 Å². The standard InChI is InChI=1S/C61H121N2O7P/c1-7-10-13-16-19-22-25-27-28-29-30-31-32-33-34-36-39-42-45-48-51-54-61(65)70-59(52-49-46-43-40-37-24-21-18-15-12-9-3)58(57-69-71(66,67)68-56-55-63(4,5)6)62-60(64)53-50-47-44-41-38-35-26-23-20-17-14-11-8-2/h49,52,58-59H,7-48,50-51,53-57H2,1-6H3,(H-,62,64,66,67)/p+1/b52-49-. The van der Waals surface area contributed by atoms with Crippen LogP contribution in [0.2, 0.25) is 0 Å². The third kappa shape index (κ3) is 53.4. The fourth-order valence-corrected chi connectivity index (χ4v) is 10.1. The minimum absolute atomic E-state index is 0.0456. The van der Waals surface area contributed by atoms with Crippen molar-refractivity contribution in [2.45, 2.75) is 328 Å². The molecule has 0 saturated carbocycles. The molecule has 2 N–H and O–H groups in total. The van der Waals surface area contributed by atoms with Crippen LogP contribution in [0.1, 0.15) is 316 Å². The summed E-state index contributed by atoms with van der Waals surface area (Å²) in [7, 11) is 1.52. The van der Waals surface area contributed by atoms with Gasteiger partial charge < -0.3 is 19.4 Å². The number of esters is 1. The van der Waals surface area contributed by atoms with E-state index in [0.717, 1.165) is 57.8 Å². The average Bonchev–Trinajstić information content (AvgIpc) is 3.33. The summed E-state index contributed by atoms with van der Waals surface area (Å²) in [5, 5.41) is 3.06. The van der Waals surface area contributed by atoms with E-state index >= 15 is 0 Å². The molecule has 0 aromatic rings. The van der Waals surface area contributed by atoms with E-state index in [-0.39, 0.29) is 25.1 Å². The molecule has 9 nitrogen and oxygen atoms in total. The first-order chi connectivity index (χ1) is 34.4. The van der Waals surface area contributed by atoms with Gasteiger partial charge in [-0.15, -0.1) is 0 Å². The summed E-state index contributed by atoms with van der Waals surface area (Å²) < 4.78 is 30.7. The van der Waals surface area contributed by atoms with E-state index in [0.29, 0.717) is 23.9 Å². The molecule has 0 heterocycles. The molecule has 1 amide bonds. The van der Waals surface area contributed by atoms with Gasteiger partial charge in [-0.05, 0) is 31.8 Å². The van der Waals surface area contributed by atoms with Crippen LogP contribution >= 0.6 is 7.82 Å². The first-order valence-corrected chi connectivity index (χ1v) is 32.5. The maximum Gasteiger partial charge on any atom is 0.472 e. The Kier molecular flexibility index (Phi) is 51.3. The summed E-state index contributed by atoms with van der Waals surface area (Å²) in [5.74, 6) is -0.485. The van der Waals surface area contributed by atoms with Crippen LogP contribution in [-0.2, 0) is 27.9 Å². The quantitative estimate of drug-likeness (QED) is 0.0205. The summed E-state index contributed by atoms with van der Waals surface area (Å²) in [6.07, 6.45) is 59.2. The minimum atomic E-state index is -4.44. The second-order valence-electron chi connectivity index (χ2n) is 22.6. The van der Waals surface area contributed by atoms with Crippen molar-refractivity contribution >= 4 is 19.7 Å². The number of nitrogens with zero attached hydrogens (tertiary/aromatic N) is 1. The number of phosphoric ester groups is 1. The number of hydrogen-bond acceptors (Lipinski definition) is 6. The Bertz CT molecular complexity index is 1230. The van der Waals surface area contributed by atoms with Crippen molar-refractivity contribution in [2.24, 2.45) is 0 Å². The van der Waals surface area contributed by atoms with Gasteiger partial charge in [0.15, 0.2) is 0 Å². The van der Waals surface area contributed by atoms with Crippen molar-refractivity contribution in [2.75, 3.05) is 40.9 Å². The largest absolute Gasteiger partial charge is 0.472 e. The van der Waals surface area contributed by atoms with E-state index in [1.54, 1.807) is 0 Å². The lowest BCUT2D eigenvalue weighted by molar-refractivity contribution is -0.870. The smallest absolute Gasteiger partial charge is 0.456 e. The Morgan fingerprint density at radius 1 is 0.479 bits per heavy atom. The molecular weight excluding hydrogens is 904 g/mol. The number of amides is 1. The molecule has 0 bridgehead atoms. The summed E-state index contributed by atoms with van der Waals surface area (Å²) in [6.45, 7) is 7.05. The highest BCUT2D eigenvalue weighted by molar-refractivity contribution is 7.47. The monoisotopic (exact) mass is 1030 g/mol. The second-order valence-corrected chi connectivity index (χ2v) is 24.1. The van der Waals surface area contributed by atoms with Gasteiger partial charge in [0, 0.05) is 12.8 Å². The number of carbonyl (C=O) groups excluding carboxylic acids is 2. The lowest BCUT2D eigenvalue weighted by Crippen LogP contribution is -2.47. The molecule has 0 aliphatic rings. The van der Waals surface area contributed by atoms with E-state index in [4.69, 9.17) is 13.8 Å². The number of hydrogen-bond donors (Lipinski definition) is 2. The van der Waals surface area contributed by atoms with Crippen LogP contribution in [0.25, 0.3) is 0 Å². The van der Waals surface area contributed by atoms with Gasteiger partial charge in [0.2, 0.25) is 5.91 Å². The predicted octanol–water partition coefficient (Wildman–Crippen LogP) is 18.8. The number of nitrogens with one attached hydrogen (secondary N) is 1. The Morgan fingerprint density at radius 2 is 0.803 bits per heavy atom. The van der Waals surface area contributed by atoms with Crippen LogP contribution < -0.4 is 5.32 Å². The molecule has 0 aliphatic heterocycles. The number of allylic oxidation sites excluding steroid dienone is 1.